The van der Waals surface area contributed by atoms with Gasteiger partial charge in [-0.1, -0.05) is 0 Å². The molecule has 4 N–H and O–H groups in total. The van der Waals surface area contributed by atoms with Crippen LogP contribution in [-0.2, 0) is 6.54 Å². The fraction of sp³-hybridized carbons (Fsp3) is 0.125. The van der Waals surface area contributed by atoms with Crippen molar-refractivity contribution in [3.8, 4) is 5.75 Å². The predicted molar refractivity (Wildman–Crippen MR) is 88.2 cm³/mol. The molecule has 22 heavy (non-hydrogen) atoms. The van der Waals surface area contributed by atoms with Gasteiger partial charge in [-0.2, -0.15) is 0 Å². The quantitative estimate of drug-likeness (QED) is 0.439. The Morgan fingerprint density at radius 3 is 2.59 bits per heavy atom. The molecule has 1 aromatic heterocycles. The van der Waals surface area contributed by atoms with Crippen molar-refractivity contribution in [2.24, 2.45) is 0 Å². The van der Waals surface area contributed by atoms with Gasteiger partial charge in [0.1, 0.15) is 11.3 Å². The van der Waals surface area contributed by atoms with Gasteiger partial charge < -0.3 is 10.5 Å². The van der Waals surface area contributed by atoms with Crippen molar-refractivity contribution in [3.63, 3.8) is 0 Å². The number of Topliss-reactive ketones (excluding diaryl/α,β-unsaturated/α-hetero) is 1. The van der Waals surface area contributed by atoms with E-state index in [4.69, 9.17) is 16.2 Å². The molecule has 1 heterocycles. The molecule has 0 amide bonds. The second-order valence-corrected chi connectivity index (χ2v) is 5.97. The van der Waals surface area contributed by atoms with Crippen molar-refractivity contribution in [1.82, 2.24) is 0 Å². The highest BCUT2D eigenvalue weighted by molar-refractivity contribution is 7.21. The molecule has 0 atom stereocenters. The predicted octanol–water partition coefficient (Wildman–Crippen LogP) is 2.24. The maximum atomic E-state index is 12.4. The number of ether oxygens (including phenoxy) is 1. The van der Waals surface area contributed by atoms with Gasteiger partial charge in [0.05, 0.1) is 11.8 Å². The number of carbonyl (C=O) groups excluding carboxylic acids is 1. The molecular formula is C16H16N3O2S+. The monoisotopic (exact) mass is 314 g/mol. The van der Waals surface area contributed by atoms with E-state index in [1.54, 1.807) is 31.4 Å². The van der Waals surface area contributed by atoms with Crippen LogP contribution in [0.25, 0.3) is 10.2 Å². The Morgan fingerprint density at radius 1 is 1.18 bits per heavy atom. The maximum Gasteiger partial charge on any atom is 0.333 e. The van der Waals surface area contributed by atoms with Crippen LogP contribution in [-0.4, -0.2) is 12.9 Å². The van der Waals surface area contributed by atoms with Gasteiger partial charge in [0, 0.05) is 11.3 Å². The molecule has 112 valence electrons. The lowest BCUT2D eigenvalue weighted by Gasteiger charge is -2.03. The lowest BCUT2D eigenvalue weighted by atomic mass is 10.1. The first-order chi connectivity index (χ1) is 10.6. The number of thiazole rings is 1. The van der Waals surface area contributed by atoms with E-state index in [9.17, 15) is 4.79 Å². The molecule has 0 bridgehead atoms. The third-order valence-corrected chi connectivity index (χ3v) is 4.45. The Hall–Kier alpha value is -2.60. The highest BCUT2D eigenvalue weighted by Crippen LogP contribution is 2.24. The fourth-order valence-corrected chi connectivity index (χ4v) is 3.27. The minimum Gasteiger partial charge on any atom is -0.497 e. The number of fused-ring (bicyclic) bond motifs is 1. The van der Waals surface area contributed by atoms with E-state index in [0.29, 0.717) is 16.4 Å². The third-order valence-electron chi connectivity index (χ3n) is 3.47. The van der Waals surface area contributed by atoms with Gasteiger partial charge in [0.25, 0.3) is 0 Å². The average molecular weight is 314 g/mol. The number of ketones is 1. The number of nitrogens with zero attached hydrogens (tertiary/aromatic N) is 1. The zero-order valence-corrected chi connectivity index (χ0v) is 12.9. The van der Waals surface area contributed by atoms with Crippen molar-refractivity contribution in [3.05, 3.63) is 48.0 Å². The summed E-state index contributed by atoms with van der Waals surface area (Å²) in [6.07, 6.45) is 0. The molecular weight excluding hydrogens is 298 g/mol. The fourth-order valence-electron chi connectivity index (χ4n) is 2.30. The molecule has 0 radical (unpaired) electrons. The van der Waals surface area contributed by atoms with Crippen LogP contribution < -0.4 is 20.8 Å². The molecule has 5 nitrogen and oxygen atoms in total. The van der Waals surface area contributed by atoms with E-state index < -0.39 is 0 Å². The average Bonchev–Trinajstić information content (AvgIpc) is 2.82. The molecule has 2 aromatic carbocycles. The van der Waals surface area contributed by atoms with E-state index in [1.165, 1.54) is 11.3 Å². The number of hydrogen-bond donors (Lipinski definition) is 2. The first-order valence-electron chi connectivity index (χ1n) is 6.73. The Kier molecular flexibility index (Phi) is 3.68. The van der Waals surface area contributed by atoms with Crippen molar-refractivity contribution in [1.29, 1.82) is 0 Å². The highest BCUT2D eigenvalue weighted by atomic mass is 32.1. The summed E-state index contributed by atoms with van der Waals surface area (Å²) >= 11 is 1.42. The van der Waals surface area contributed by atoms with E-state index in [1.807, 2.05) is 22.8 Å². The first kappa shape index (κ1) is 14.3. The summed E-state index contributed by atoms with van der Waals surface area (Å²) in [5, 5.41) is 0.586. The lowest BCUT2D eigenvalue weighted by molar-refractivity contribution is -0.638. The molecule has 0 unspecified atom stereocenters. The highest BCUT2D eigenvalue weighted by Gasteiger charge is 2.19. The standard InChI is InChI=1S/C16H15N3O2S/c1-21-12-5-2-10(3-6-12)14(20)9-19-13-7-4-11(17)8-15(13)22-16(19)18/h2-8,18H,9,17H2,1H3/p+1. The topological polar surface area (TPSA) is 82.2 Å². The number of carbonyl (C=O) groups is 1. The van der Waals surface area contributed by atoms with E-state index in [2.05, 4.69) is 0 Å². The Bertz CT molecular complexity index is 840. The SMILES string of the molecule is COc1ccc(C(=O)C[n+]2c(N)sc3cc(N)ccc32)cc1. The van der Waals surface area contributed by atoms with Crippen LogP contribution in [0.5, 0.6) is 5.75 Å². The van der Waals surface area contributed by atoms with Gasteiger partial charge in [-0.3, -0.25) is 10.5 Å². The van der Waals surface area contributed by atoms with Gasteiger partial charge in [-0.25, -0.2) is 4.57 Å². The number of anilines is 2. The third kappa shape index (κ3) is 2.60. The molecule has 3 aromatic rings. The lowest BCUT2D eigenvalue weighted by Crippen LogP contribution is -2.39. The number of hydrogen-bond acceptors (Lipinski definition) is 5. The Balaban J connectivity index is 1.91. The van der Waals surface area contributed by atoms with E-state index in [-0.39, 0.29) is 12.3 Å². The summed E-state index contributed by atoms with van der Waals surface area (Å²) in [5.41, 5.74) is 14.0. The van der Waals surface area contributed by atoms with Crippen LogP contribution in [0.15, 0.2) is 42.5 Å². The number of rotatable bonds is 4. The molecule has 0 spiro atoms. The molecule has 0 aliphatic carbocycles. The van der Waals surface area contributed by atoms with E-state index in [0.717, 1.165) is 16.0 Å². The number of nitrogens with two attached hydrogens (primary N) is 2. The van der Waals surface area contributed by atoms with E-state index >= 15 is 0 Å². The van der Waals surface area contributed by atoms with Crippen molar-refractivity contribution in [2.45, 2.75) is 6.54 Å². The normalized spacial score (nSPS) is 10.8. The second-order valence-electron chi connectivity index (χ2n) is 4.91. The van der Waals surface area contributed by atoms with Gasteiger partial charge >= 0.3 is 5.13 Å². The number of benzene rings is 2. The Labute approximate surface area is 131 Å². The van der Waals surface area contributed by atoms with Gasteiger partial charge in [-0.05, 0) is 53.8 Å². The summed E-state index contributed by atoms with van der Waals surface area (Å²) in [5.74, 6) is 0.719. The molecule has 6 heteroatoms. The van der Waals surface area contributed by atoms with Crippen LogP contribution >= 0.6 is 11.3 Å². The van der Waals surface area contributed by atoms with Gasteiger partial charge in [0.2, 0.25) is 5.78 Å². The number of aromatic nitrogens is 1. The molecule has 0 fully saturated rings. The van der Waals surface area contributed by atoms with Crippen LogP contribution in [0.1, 0.15) is 10.4 Å². The van der Waals surface area contributed by atoms with Crippen LogP contribution in [0.4, 0.5) is 10.8 Å². The van der Waals surface area contributed by atoms with Crippen molar-refractivity contribution in [2.75, 3.05) is 18.6 Å². The first-order valence-corrected chi connectivity index (χ1v) is 7.54. The number of methoxy groups -OCH3 is 1. The molecule has 0 aliphatic heterocycles. The maximum absolute atomic E-state index is 12.4. The van der Waals surface area contributed by atoms with Crippen molar-refractivity contribution >= 4 is 38.2 Å². The Morgan fingerprint density at radius 2 is 1.91 bits per heavy atom. The smallest absolute Gasteiger partial charge is 0.333 e. The summed E-state index contributed by atoms with van der Waals surface area (Å²) in [6, 6.07) is 12.6. The summed E-state index contributed by atoms with van der Waals surface area (Å²) < 4.78 is 7.88. The van der Waals surface area contributed by atoms with Crippen LogP contribution in [0.2, 0.25) is 0 Å². The summed E-state index contributed by atoms with van der Waals surface area (Å²) in [4.78, 5) is 12.4. The van der Waals surface area contributed by atoms with Gasteiger partial charge in [0.15, 0.2) is 6.54 Å². The van der Waals surface area contributed by atoms with Crippen LogP contribution in [0, 0.1) is 0 Å². The summed E-state index contributed by atoms with van der Waals surface area (Å²) in [7, 11) is 1.59. The zero-order valence-electron chi connectivity index (χ0n) is 12.1. The summed E-state index contributed by atoms with van der Waals surface area (Å²) in [6.45, 7) is 0.197. The molecule has 3 rings (SSSR count). The largest absolute Gasteiger partial charge is 0.497 e. The minimum atomic E-state index is -0.00382. The van der Waals surface area contributed by atoms with Crippen molar-refractivity contribution < 1.29 is 14.1 Å². The van der Waals surface area contributed by atoms with Crippen LogP contribution in [0.3, 0.4) is 0 Å². The zero-order chi connectivity index (χ0) is 15.7. The molecule has 0 aliphatic rings. The molecule has 0 saturated carbocycles. The second kappa shape index (κ2) is 5.65. The minimum absolute atomic E-state index is 0.00382. The number of nitrogen functional groups attached to an aromatic ring is 2. The molecule has 0 saturated heterocycles. The van der Waals surface area contributed by atoms with Gasteiger partial charge in [-0.15, -0.1) is 0 Å².